The molecule has 0 unspecified atom stereocenters. The number of anilines is 2. The van der Waals surface area contributed by atoms with E-state index in [-0.39, 0.29) is 5.91 Å². The summed E-state index contributed by atoms with van der Waals surface area (Å²) in [6.07, 6.45) is 0.704. The molecule has 0 spiro atoms. The molecular formula is C28H25N5O. The molecule has 0 bridgehead atoms. The number of para-hydroxylation sites is 1. The lowest BCUT2D eigenvalue weighted by atomic mass is 10.1. The minimum Gasteiger partial charge on any atom is -0.348 e. The van der Waals surface area contributed by atoms with Gasteiger partial charge in [0.2, 0.25) is 0 Å². The topological polar surface area (TPSA) is 82.7 Å². The number of benzene rings is 3. The Morgan fingerprint density at radius 3 is 2.35 bits per heavy atom. The first kappa shape index (κ1) is 21.4. The summed E-state index contributed by atoms with van der Waals surface area (Å²) in [7, 11) is 0. The highest BCUT2D eigenvalue weighted by Crippen LogP contribution is 2.28. The fourth-order valence-electron chi connectivity index (χ4n) is 3.94. The molecule has 6 nitrogen and oxygen atoms in total. The Kier molecular flexibility index (Phi) is 6.03. The van der Waals surface area contributed by atoms with E-state index in [4.69, 9.17) is 9.97 Å². The standard InChI is InChI=1S/C28H25N5O/c1-2-23-22(28(34)29-18-19-11-5-3-6-12-19)17-25(30-23)32-27-21-15-9-10-16-24(21)31-26(33-27)20-13-7-4-8-14-20/h3-17,30H,2,18H2,1H3,(H,29,34)(H,31,32,33). The van der Waals surface area contributed by atoms with Crippen LogP contribution < -0.4 is 10.6 Å². The molecule has 5 rings (SSSR count). The fourth-order valence-corrected chi connectivity index (χ4v) is 3.94. The van der Waals surface area contributed by atoms with Crippen molar-refractivity contribution in [2.75, 3.05) is 5.32 Å². The SMILES string of the molecule is CCc1[nH]c(Nc2nc(-c3ccccc3)nc3ccccc23)cc1C(=O)NCc1ccccc1. The molecule has 1 amide bonds. The van der Waals surface area contributed by atoms with Gasteiger partial charge in [-0.05, 0) is 30.2 Å². The average molecular weight is 448 g/mol. The summed E-state index contributed by atoms with van der Waals surface area (Å²) in [5.74, 6) is 1.93. The lowest BCUT2D eigenvalue weighted by Crippen LogP contribution is -2.23. The highest BCUT2D eigenvalue weighted by molar-refractivity contribution is 5.97. The lowest BCUT2D eigenvalue weighted by molar-refractivity contribution is 0.0950. The second-order valence-corrected chi connectivity index (χ2v) is 8.00. The zero-order valence-corrected chi connectivity index (χ0v) is 18.9. The quantitative estimate of drug-likeness (QED) is 0.292. The van der Waals surface area contributed by atoms with E-state index < -0.39 is 0 Å². The summed E-state index contributed by atoms with van der Waals surface area (Å²) in [5, 5.41) is 7.32. The Labute approximate surface area is 198 Å². The van der Waals surface area contributed by atoms with Crippen molar-refractivity contribution in [2.45, 2.75) is 19.9 Å². The number of aromatic nitrogens is 3. The lowest BCUT2D eigenvalue weighted by Gasteiger charge is -2.10. The van der Waals surface area contributed by atoms with Gasteiger partial charge in [0.05, 0.1) is 11.1 Å². The number of fused-ring (bicyclic) bond motifs is 1. The minimum absolute atomic E-state index is 0.109. The normalized spacial score (nSPS) is 10.9. The molecule has 6 heteroatoms. The van der Waals surface area contributed by atoms with Crippen LogP contribution >= 0.6 is 0 Å². The van der Waals surface area contributed by atoms with Crippen LogP contribution in [0.1, 0.15) is 28.5 Å². The van der Waals surface area contributed by atoms with Gasteiger partial charge in [-0.25, -0.2) is 9.97 Å². The van der Waals surface area contributed by atoms with Crippen LogP contribution in [-0.2, 0) is 13.0 Å². The van der Waals surface area contributed by atoms with Gasteiger partial charge < -0.3 is 15.6 Å². The fraction of sp³-hybridized carbons (Fsp3) is 0.107. The molecule has 0 radical (unpaired) electrons. The van der Waals surface area contributed by atoms with Gasteiger partial charge in [0.15, 0.2) is 5.82 Å². The highest BCUT2D eigenvalue weighted by Gasteiger charge is 2.16. The Morgan fingerprint density at radius 1 is 0.882 bits per heavy atom. The van der Waals surface area contributed by atoms with Crippen LogP contribution in [-0.4, -0.2) is 20.9 Å². The Morgan fingerprint density at radius 2 is 1.59 bits per heavy atom. The van der Waals surface area contributed by atoms with Crippen molar-refractivity contribution < 1.29 is 4.79 Å². The van der Waals surface area contributed by atoms with E-state index in [1.54, 1.807) is 0 Å². The number of nitrogens with zero attached hydrogens (tertiary/aromatic N) is 2. The van der Waals surface area contributed by atoms with Gasteiger partial charge in [-0.3, -0.25) is 4.79 Å². The van der Waals surface area contributed by atoms with Gasteiger partial charge in [0.1, 0.15) is 11.6 Å². The van der Waals surface area contributed by atoms with Crippen LogP contribution in [0.2, 0.25) is 0 Å². The predicted molar refractivity (Wildman–Crippen MR) is 136 cm³/mol. The van der Waals surface area contributed by atoms with Gasteiger partial charge in [0, 0.05) is 23.2 Å². The summed E-state index contributed by atoms with van der Waals surface area (Å²) < 4.78 is 0. The third-order valence-corrected chi connectivity index (χ3v) is 5.68. The number of H-pyrrole nitrogens is 1. The monoisotopic (exact) mass is 447 g/mol. The zero-order valence-electron chi connectivity index (χ0n) is 18.9. The highest BCUT2D eigenvalue weighted by atomic mass is 16.1. The second-order valence-electron chi connectivity index (χ2n) is 8.00. The maximum absolute atomic E-state index is 12.9. The van der Waals surface area contributed by atoms with Crippen molar-refractivity contribution in [3.8, 4) is 11.4 Å². The van der Waals surface area contributed by atoms with E-state index in [9.17, 15) is 4.79 Å². The third-order valence-electron chi connectivity index (χ3n) is 5.68. The summed E-state index contributed by atoms with van der Waals surface area (Å²) in [4.78, 5) is 25.8. The molecule has 0 aliphatic rings. The van der Waals surface area contributed by atoms with E-state index >= 15 is 0 Å². The van der Waals surface area contributed by atoms with Crippen molar-refractivity contribution >= 4 is 28.4 Å². The van der Waals surface area contributed by atoms with Crippen molar-refractivity contribution in [3.63, 3.8) is 0 Å². The minimum atomic E-state index is -0.109. The Balaban J connectivity index is 1.45. The van der Waals surface area contributed by atoms with Gasteiger partial charge in [0.25, 0.3) is 5.91 Å². The number of hydrogen-bond donors (Lipinski definition) is 3. The van der Waals surface area contributed by atoms with E-state index in [2.05, 4.69) is 15.6 Å². The van der Waals surface area contributed by atoms with E-state index in [1.807, 2.05) is 97.9 Å². The van der Waals surface area contributed by atoms with Crippen molar-refractivity contribution in [3.05, 3.63) is 108 Å². The molecular weight excluding hydrogens is 422 g/mol. The van der Waals surface area contributed by atoms with E-state index in [0.717, 1.165) is 27.7 Å². The van der Waals surface area contributed by atoms with Crippen LogP contribution in [0.5, 0.6) is 0 Å². The molecule has 0 fully saturated rings. The second kappa shape index (κ2) is 9.58. The van der Waals surface area contributed by atoms with Crippen LogP contribution in [0, 0.1) is 0 Å². The Bertz CT molecular complexity index is 1430. The number of aromatic amines is 1. The van der Waals surface area contributed by atoms with Gasteiger partial charge >= 0.3 is 0 Å². The summed E-state index contributed by atoms with van der Waals surface area (Å²) in [5.41, 5.74) is 4.35. The number of carbonyl (C=O) groups excluding carboxylic acids is 1. The molecule has 0 saturated heterocycles. The molecule has 0 aliphatic carbocycles. The third kappa shape index (κ3) is 4.52. The molecule has 3 aromatic carbocycles. The largest absolute Gasteiger partial charge is 0.348 e. The molecule has 0 aliphatic heterocycles. The number of rotatable bonds is 7. The van der Waals surface area contributed by atoms with Gasteiger partial charge in [-0.2, -0.15) is 0 Å². The molecule has 0 saturated carbocycles. The molecule has 34 heavy (non-hydrogen) atoms. The number of amides is 1. The number of aryl methyl sites for hydroxylation is 1. The maximum atomic E-state index is 12.9. The van der Waals surface area contributed by atoms with Crippen molar-refractivity contribution in [1.29, 1.82) is 0 Å². The first-order valence-electron chi connectivity index (χ1n) is 11.3. The number of nitrogens with one attached hydrogen (secondary N) is 3. The molecule has 5 aromatic rings. The number of carbonyl (C=O) groups is 1. The molecule has 168 valence electrons. The van der Waals surface area contributed by atoms with Crippen LogP contribution in [0.25, 0.3) is 22.3 Å². The van der Waals surface area contributed by atoms with Gasteiger partial charge in [-0.1, -0.05) is 79.7 Å². The van der Waals surface area contributed by atoms with Crippen molar-refractivity contribution in [1.82, 2.24) is 20.3 Å². The zero-order chi connectivity index (χ0) is 23.3. The first-order valence-corrected chi connectivity index (χ1v) is 11.3. The van der Waals surface area contributed by atoms with Crippen LogP contribution in [0.15, 0.2) is 91.0 Å². The number of hydrogen-bond acceptors (Lipinski definition) is 4. The molecule has 2 heterocycles. The molecule has 0 atom stereocenters. The van der Waals surface area contributed by atoms with Crippen LogP contribution in [0.3, 0.4) is 0 Å². The van der Waals surface area contributed by atoms with Crippen LogP contribution in [0.4, 0.5) is 11.6 Å². The first-order chi connectivity index (χ1) is 16.7. The van der Waals surface area contributed by atoms with Gasteiger partial charge in [-0.15, -0.1) is 0 Å². The summed E-state index contributed by atoms with van der Waals surface area (Å²) >= 11 is 0. The average Bonchev–Trinajstić information content (AvgIpc) is 3.31. The maximum Gasteiger partial charge on any atom is 0.253 e. The summed E-state index contributed by atoms with van der Waals surface area (Å²) in [6, 6.07) is 29.5. The summed E-state index contributed by atoms with van der Waals surface area (Å²) in [6.45, 7) is 2.50. The van der Waals surface area contributed by atoms with E-state index in [1.165, 1.54) is 0 Å². The Hall–Kier alpha value is -4.45. The van der Waals surface area contributed by atoms with E-state index in [0.29, 0.717) is 36.0 Å². The predicted octanol–water partition coefficient (Wildman–Crippen LogP) is 5.86. The smallest absolute Gasteiger partial charge is 0.253 e. The molecule has 2 aromatic heterocycles. The molecule has 3 N–H and O–H groups in total. The van der Waals surface area contributed by atoms with Crippen molar-refractivity contribution in [2.24, 2.45) is 0 Å².